The van der Waals surface area contributed by atoms with Gasteiger partial charge in [-0.1, -0.05) is 6.07 Å². The molecule has 3 heterocycles. The fourth-order valence-corrected chi connectivity index (χ4v) is 4.35. The minimum Gasteiger partial charge on any atom is -0.497 e. The fourth-order valence-electron chi connectivity index (χ4n) is 3.61. The Balaban J connectivity index is 1.57. The van der Waals surface area contributed by atoms with Gasteiger partial charge in [-0.25, -0.2) is 4.98 Å². The molecule has 8 nitrogen and oxygen atoms in total. The number of ether oxygens (including phenoxy) is 2. The molecule has 1 aliphatic heterocycles. The highest BCUT2D eigenvalue weighted by molar-refractivity contribution is 7.14. The van der Waals surface area contributed by atoms with Gasteiger partial charge in [0, 0.05) is 50.7 Å². The zero-order valence-electron chi connectivity index (χ0n) is 17.4. The Hall–Kier alpha value is -2.65. The number of rotatable bonds is 6. The second-order valence-electron chi connectivity index (χ2n) is 7.27. The molecule has 0 amide bonds. The summed E-state index contributed by atoms with van der Waals surface area (Å²) in [5, 5.41) is 12.0. The van der Waals surface area contributed by atoms with Gasteiger partial charge in [0.05, 0.1) is 20.3 Å². The molecule has 9 heteroatoms. The van der Waals surface area contributed by atoms with Crippen molar-refractivity contribution in [3.05, 3.63) is 35.0 Å². The maximum atomic E-state index is 5.57. The molecule has 0 unspecified atom stereocenters. The van der Waals surface area contributed by atoms with Crippen LogP contribution in [0.4, 0.5) is 5.13 Å². The van der Waals surface area contributed by atoms with E-state index in [9.17, 15) is 0 Å². The maximum Gasteiger partial charge on any atom is 0.185 e. The minimum atomic E-state index is 0.142. The van der Waals surface area contributed by atoms with Gasteiger partial charge in [-0.2, -0.15) is 0 Å². The van der Waals surface area contributed by atoms with E-state index in [1.807, 2.05) is 36.5 Å². The van der Waals surface area contributed by atoms with Crippen molar-refractivity contribution < 1.29 is 9.47 Å². The molecule has 1 aliphatic rings. The molecule has 2 aromatic heterocycles. The first-order valence-electron chi connectivity index (χ1n) is 9.53. The lowest BCUT2D eigenvalue weighted by Gasteiger charge is -2.33. The number of hydrogen-bond acceptors (Lipinski definition) is 8. The molecule has 154 valence electrons. The number of hydrogen-bond donors (Lipinski definition) is 0. The first-order chi connectivity index (χ1) is 14.0. The van der Waals surface area contributed by atoms with Crippen LogP contribution in [0.1, 0.15) is 24.4 Å². The number of methoxy groups -OCH3 is 2. The molecule has 0 aliphatic carbocycles. The Kier molecular flexibility index (Phi) is 5.42. The molecular weight excluding hydrogens is 388 g/mol. The van der Waals surface area contributed by atoms with Gasteiger partial charge in [0.15, 0.2) is 16.8 Å². The van der Waals surface area contributed by atoms with Gasteiger partial charge in [-0.05, 0) is 13.0 Å². The van der Waals surface area contributed by atoms with Crippen molar-refractivity contribution in [2.24, 2.45) is 0 Å². The number of fused-ring (bicyclic) bond motifs is 1. The third kappa shape index (κ3) is 3.67. The minimum absolute atomic E-state index is 0.142. The number of aromatic nitrogens is 4. The molecule has 1 aromatic carbocycles. The normalized spacial score (nSPS) is 16.5. The van der Waals surface area contributed by atoms with Crippen LogP contribution in [-0.4, -0.2) is 59.5 Å². The van der Waals surface area contributed by atoms with Crippen molar-refractivity contribution >= 4 is 16.5 Å². The molecule has 29 heavy (non-hydrogen) atoms. The smallest absolute Gasteiger partial charge is 0.185 e. The lowest BCUT2D eigenvalue weighted by atomic mass is 10.1. The van der Waals surface area contributed by atoms with Crippen molar-refractivity contribution in [1.82, 2.24) is 24.6 Å². The van der Waals surface area contributed by atoms with E-state index >= 15 is 0 Å². The Morgan fingerprint density at radius 2 is 2.00 bits per heavy atom. The fraction of sp³-hybridized carbons (Fsp3) is 0.450. The van der Waals surface area contributed by atoms with Gasteiger partial charge in [-0.15, -0.1) is 21.5 Å². The Labute approximate surface area is 174 Å². The van der Waals surface area contributed by atoms with Crippen LogP contribution in [0.2, 0.25) is 0 Å². The number of thiazole rings is 1. The summed E-state index contributed by atoms with van der Waals surface area (Å²) in [6.07, 6.45) is 0. The standard InChI is InChI=1S/C20H26N6O2S/c1-13-18-22-23-19(16-12-29-20(21-16)24(2)3)26(18)9-8-25(13)11-14-6-7-15(27-4)10-17(14)28-5/h6-7,10,12-13H,8-9,11H2,1-5H3/t13-/m0/s1. The first kappa shape index (κ1) is 19.7. The first-order valence-corrected chi connectivity index (χ1v) is 10.4. The Morgan fingerprint density at radius 1 is 1.17 bits per heavy atom. The maximum absolute atomic E-state index is 5.57. The summed E-state index contributed by atoms with van der Waals surface area (Å²) >= 11 is 1.62. The summed E-state index contributed by atoms with van der Waals surface area (Å²) in [5.41, 5.74) is 2.01. The van der Waals surface area contributed by atoms with Crippen LogP contribution in [0, 0.1) is 0 Å². The number of anilines is 1. The Bertz CT molecular complexity index is 999. The second kappa shape index (κ2) is 8.00. The van der Waals surface area contributed by atoms with Gasteiger partial charge in [0.1, 0.15) is 17.2 Å². The molecule has 0 fully saturated rings. The lowest BCUT2D eigenvalue weighted by Crippen LogP contribution is -2.36. The summed E-state index contributed by atoms with van der Waals surface area (Å²) in [7, 11) is 7.34. The number of benzene rings is 1. The van der Waals surface area contributed by atoms with E-state index in [2.05, 4.69) is 32.7 Å². The molecule has 0 spiro atoms. The van der Waals surface area contributed by atoms with Gasteiger partial charge >= 0.3 is 0 Å². The average Bonchev–Trinajstić information content (AvgIpc) is 3.37. The van der Waals surface area contributed by atoms with E-state index < -0.39 is 0 Å². The zero-order valence-corrected chi connectivity index (χ0v) is 18.2. The van der Waals surface area contributed by atoms with E-state index in [0.29, 0.717) is 0 Å². The molecule has 0 saturated carbocycles. The third-order valence-electron chi connectivity index (χ3n) is 5.28. The van der Waals surface area contributed by atoms with Crippen LogP contribution >= 0.6 is 11.3 Å². The summed E-state index contributed by atoms with van der Waals surface area (Å²) in [6.45, 7) is 4.68. The molecule has 0 N–H and O–H groups in total. The third-order valence-corrected chi connectivity index (χ3v) is 6.29. The SMILES string of the molecule is COc1ccc(CN2CCn3c(-c4csc(N(C)C)n4)nnc3[C@@H]2C)c(OC)c1. The van der Waals surface area contributed by atoms with Gasteiger partial charge in [-0.3, -0.25) is 4.90 Å². The lowest BCUT2D eigenvalue weighted by molar-refractivity contribution is 0.155. The van der Waals surface area contributed by atoms with Crippen molar-refractivity contribution in [2.75, 3.05) is 39.8 Å². The highest BCUT2D eigenvalue weighted by atomic mass is 32.1. The van der Waals surface area contributed by atoms with Crippen molar-refractivity contribution in [3.8, 4) is 23.0 Å². The van der Waals surface area contributed by atoms with E-state index in [0.717, 1.165) is 59.2 Å². The Morgan fingerprint density at radius 3 is 2.69 bits per heavy atom. The summed E-state index contributed by atoms with van der Waals surface area (Å²) in [4.78, 5) is 9.09. The molecule has 0 radical (unpaired) electrons. The van der Waals surface area contributed by atoms with E-state index in [4.69, 9.17) is 14.5 Å². The van der Waals surface area contributed by atoms with Crippen LogP contribution in [0.25, 0.3) is 11.5 Å². The zero-order chi connectivity index (χ0) is 20.5. The van der Waals surface area contributed by atoms with Gasteiger partial charge in [0.25, 0.3) is 0 Å². The van der Waals surface area contributed by atoms with Crippen molar-refractivity contribution in [3.63, 3.8) is 0 Å². The molecular formula is C20H26N6O2S. The van der Waals surface area contributed by atoms with Gasteiger partial charge in [0.2, 0.25) is 0 Å². The predicted molar refractivity (Wildman–Crippen MR) is 114 cm³/mol. The predicted octanol–water partition coefficient (Wildman–Crippen LogP) is 3.06. The van der Waals surface area contributed by atoms with E-state index in [1.165, 1.54) is 0 Å². The highest BCUT2D eigenvalue weighted by Crippen LogP contribution is 2.33. The van der Waals surface area contributed by atoms with Crippen molar-refractivity contribution in [2.45, 2.75) is 26.1 Å². The largest absolute Gasteiger partial charge is 0.497 e. The molecule has 3 aromatic rings. The average molecular weight is 415 g/mol. The quantitative estimate of drug-likeness (QED) is 0.614. The highest BCUT2D eigenvalue weighted by Gasteiger charge is 2.29. The molecule has 0 saturated heterocycles. The van der Waals surface area contributed by atoms with Crippen LogP contribution in [-0.2, 0) is 13.1 Å². The summed E-state index contributed by atoms with van der Waals surface area (Å²) in [6, 6.07) is 6.10. The second-order valence-corrected chi connectivity index (χ2v) is 8.10. The molecule has 1 atom stereocenters. The number of nitrogens with zero attached hydrogens (tertiary/aromatic N) is 6. The topological polar surface area (TPSA) is 68.5 Å². The van der Waals surface area contributed by atoms with E-state index in [-0.39, 0.29) is 6.04 Å². The van der Waals surface area contributed by atoms with Crippen LogP contribution in [0.5, 0.6) is 11.5 Å². The van der Waals surface area contributed by atoms with Crippen molar-refractivity contribution in [1.29, 1.82) is 0 Å². The molecule has 4 rings (SSSR count). The van der Waals surface area contributed by atoms with Crippen LogP contribution in [0.3, 0.4) is 0 Å². The summed E-state index contributed by atoms with van der Waals surface area (Å²) in [5.74, 6) is 3.45. The monoisotopic (exact) mass is 414 g/mol. The van der Waals surface area contributed by atoms with Gasteiger partial charge < -0.3 is 18.9 Å². The van der Waals surface area contributed by atoms with E-state index in [1.54, 1.807) is 25.6 Å². The van der Waals surface area contributed by atoms with Crippen LogP contribution < -0.4 is 14.4 Å². The summed E-state index contributed by atoms with van der Waals surface area (Å²) < 4.78 is 13.1. The molecule has 0 bridgehead atoms. The van der Waals surface area contributed by atoms with Crippen LogP contribution in [0.15, 0.2) is 23.6 Å².